The Balaban J connectivity index is 1.84. The van der Waals surface area contributed by atoms with Crippen molar-refractivity contribution in [3.63, 3.8) is 0 Å². The predicted octanol–water partition coefficient (Wildman–Crippen LogP) is 2.33. The number of carbonyl (C=O) groups excluding carboxylic acids is 1. The van der Waals surface area contributed by atoms with Crippen molar-refractivity contribution in [1.82, 2.24) is 0 Å². The normalized spacial score (nSPS) is 13.9. The number of sulfone groups is 1. The first-order valence-corrected chi connectivity index (χ1v) is 8.60. The molecule has 0 spiro atoms. The maximum absolute atomic E-state index is 13.2. The van der Waals surface area contributed by atoms with E-state index in [1.54, 1.807) is 12.1 Å². The zero-order chi connectivity index (χ0) is 16.6. The van der Waals surface area contributed by atoms with E-state index in [1.807, 2.05) is 12.1 Å². The molecule has 0 N–H and O–H groups in total. The van der Waals surface area contributed by atoms with E-state index in [2.05, 4.69) is 0 Å². The Hall–Kier alpha value is -2.28. The van der Waals surface area contributed by atoms with Crippen molar-refractivity contribution in [2.75, 3.05) is 17.2 Å². The Kier molecular flexibility index (Phi) is 3.89. The summed E-state index contributed by atoms with van der Waals surface area (Å²) in [5.74, 6) is -3.76. The molecule has 1 amide bonds. The van der Waals surface area contributed by atoms with Gasteiger partial charge in [0.05, 0.1) is 4.90 Å². The van der Waals surface area contributed by atoms with Gasteiger partial charge in [0, 0.05) is 12.2 Å². The van der Waals surface area contributed by atoms with Gasteiger partial charge in [0.25, 0.3) is 0 Å². The van der Waals surface area contributed by atoms with E-state index in [0.717, 1.165) is 17.7 Å². The Labute approximate surface area is 132 Å². The van der Waals surface area contributed by atoms with E-state index in [4.69, 9.17) is 0 Å². The van der Waals surface area contributed by atoms with Crippen LogP contribution < -0.4 is 4.90 Å². The van der Waals surface area contributed by atoms with Crippen LogP contribution in [0.1, 0.15) is 5.56 Å². The molecule has 0 fully saturated rings. The molecule has 1 heterocycles. The van der Waals surface area contributed by atoms with E-state index >= 15 is 0 Å². The van der Waals surface area contributed by atoms with Gasteiger partial charge in [-0.3, -0.25) is 4.79 Å². The third-order valence-electron chi connectivity index (χ3n) is 3.75. The lowest BCUT2D eigenvalue weighted by molar-refractivity contribution is -0.116. The minimum atomic E-state index is -4.04. The Morgan fingerprint density at radius 2 is 1.83 bits per heavy atom. The molecule has 0 saturated heterocycles. The molecule has 2 aromatic carbocycles. The Morgan fingerprint density at radius 3 is 2.57 bits per heavy atom. The van der Waals surface area contributed by atoms with E-state index in [1.165, 1.54) is 4.90 Å². The molecule has 23 heavy (non-hydrogen) atoms. The Bertz CT molecular complexity index is 881. The minimum Gasteiger partial charge on any atom is -0.311 e. The molecular formula is C16H13F2NO3S. The molecule has 0 bridgehead atoms. The quantitative estimate of drug-likeness (QED) is 0.808. The van der Waals surface area contributed by atoms with Crippen molar-refractivity contribution >= 4 is 21.4 Å². The van der Waals surface area contributed by atoms with Crippen LogP contribution in [0.2, 0.25) is 0 Å². The summed E-state index contributed by atoms with van der Waals surface area (Å²) in [5, 5.41) is 0. The SMILES string of the molecule is O=C(CS(=O)(=O)c1ccc(F)c(F)c1)N1CCc2ccccc21. The van der Waals surface area contributed by atoms with Crippen LogP contribution in [-0.2, 0) is 21.1 Å². The molecular weight excluding hydrogens is 324 g/mol. The van der Waals surface area contributed by atoms with Crippen molar-refractivity contribution in [2.24, 2.45) is 0 Å². The number of halogens is 2. The van der Waals surface area contributed by atoms with Crippen molar-refractivity contribution < 1.29 is 22.0 Å². The fourth-order valence-corrected chi connectivity index (χ4v) is 3.80. The van der Waals surface area contributed by atoms with Gasteiger partial charge < -0.3 is 4.90 Å². The number of fused-ring (bicyclic) bond motifs is 1. The topological polar surface area (TPSA) is 54.5 Å². The van der Waals surface area contributed by atoms with Crippen molar-refractivity contribution in [3.05, 3.63) is 59.7 Å². The minimum absolute atomic E-state index is 0.405. The third kappa shape index (κ3) is 2.96. The fourth-order valence-electron chi connectivity index (χ4n) is 2.59. The number of nitrogens with zero attached hydrogens (tertiary/aromatic N) is 1. The highest BCUT2D eigenvalue weighted by atomic mass is 32.2. The molecule has 0 aromatic heterocycles. The third-order valence-corrected chi connectivity index (χ3v) is 5.35. The average molecular weight is 337 g/mol. The van der Waals surface area contributed by atoms with Gasteiger partial charge in [0.2, 0.25) is 5.91 Å². The standard InChI is InChI=1S/C16H13F2NO3S/c17-13-6-5-12(9-14(13)18)23(21,22)10-16(20)19-8-7-11-3-1-2-4-15(11)19/h1-6,9H,7-8,10H2. The summed E-state index contributed by atoms with van der Waals surface area (Å²) in [6, 6.07) is 9.54. The van der Waals surface area contributed by atoms with Gasteiger partial charge in [-0.1, -0.05) is 18.2 Å². The van der Waals surface area contributed by atoms with E-state index in [9.17, 15) is 22.0 Å². The smallest absolute Gasteiger partial charge is 0.242 e. The summed E-state index contributed by atoms with van der Waals surface area (Å²) in [7, 11) is -4.04. The first-order valence-electron chi connectivity index (χ1n) is 6.94. The monoisotopic (exact) mass is 337 g/mol. The first-order chi connectivity index (χ1) is 10.9. The largest absolute Gasteiger partial charge is 0.311 e. The van der Waals surface area contributed by atoms with Crippen LogP contribution in [0.4, 0.5) is 14.5 Å². The molecule has 1 aliphatic rings. The van der Waals surface area contributed by atoms with Gasteiger partial charge in [0.1, 0.15) is 5.75 Å². The summed E-state index contributed by atoms with van der Waals surface area (Å²) < 4.78 is 50.6. The number of hydrogen-bond donors (Lipinski definition) is 0. The number of amides is 1. The second-order valence-corrected chi connectivity index (χ2v) is 7.25. The number of hydrogen-bond acceptors (Lipinski definition) is 3. The number of para-hydroxylation sites is 1. The van der Waals surface area contributed by atoms with Gasteiger partial charge in [-0.05, 0) is 36.2 Å². The summed E-state index contributed by atoms with van der Waals surface area (Å²) in [6.07, 6.45) is 0.660. The maximum Gasteiger partial charge on any atom is 0.242 e. The van der Waals surface area contributed by atoms with Gasteiger partial charge in [-0.2, -0.15) is 0 Å². The van der Waals surface area contributed by atoms with E-state index < -0.39 is 38.0 Å². The lowest BCUT2D eigenvalue weighted by Crippen LogP contribution is -2.34. The van der Waals surface area contributed by atoms with Crippen LogP contribution in [0.3, 0.4) is 0 Å². The number of rotatable bonds is 3. The fraction of sp³-hybridized carbons (Fsp3) is 0.188. The summed E-state index contributed by atoms with van der Waals surface area (Å²) in [4.78, 5) is 13.3. The molecule has 0 saturated carbocycles. The molecule has 0 atom stereocenters. The van der Waals surface area contributed by atoms with E-state index in [-0.39, 0.29) is 0 Å². The second kappa shape index (κ2) is 5.73. The van der Waals surface area contributed by atoms with Crippen molar-refractivity contribution in [3.8, 4) is 0 Å². The van der Waals surface area contributed by atoms with Crippen LogP contribution in [0.15, 0.2) is 47.4 Å². The molecule has 0 radical (unpaired) electrons. The van der Waals surface area contributed by atoms with Gasteiger partial charge in [-0.15, -0.1) is 0 Å². The highest BCUT2D eigenvalue weighted by Gasteiger charge is 2.29. The average Bonchev–Trinajstić information content (AvgIpc) is 2.93. The predicted molar refractivity (Wildman–Crippen MR) is 80.9 cm³/mol. The number of carbonyl (C=O) groups is 1. The van der Waals surface area contributed by atoms with Crippen LogP contribution >= 0.6 is 0 Å². The highest BCUT2D eigenvalue weighted by Crippen LogP contribution is 2.28. The maximum atomic E-state index is 13.2. The van der Waals surface area contributed by atoms with Crippen LogP contribution in [0.5, 0.6) is 0 Å². The van der Waals surface area contributed by atoms with E-state index in [0.29, 0.717) is 24.7 Å². The van der Waals surface area contributed by atoms with Crippen LogP contribution in [0, 0.1) is 11.6 Å². The number of anilines is 1. The molecule has 4 nitrogen and oxygen atoms in total. The zero-order valence-electron chi connectivity index (χ0n) is 12.0. The van der Waals surface area contributed by atoms with Crippen LogP contribution in [0.25, 0.3) is 0 Å². The highest BCUT2D eigenvalue weighted by molar-refractivity contribution is 7.92. The lowest BCUT2D eigenvalue weighted by Gasteiger charge is -2.17. The molecule has 2 aromatic rings. The van der Waals surface area contributed by atoms with Gasteiger partial charge in [0.15, 0.2) is 21.5 Å². The summed E-state index contributed by atoms with van der Waals surface area (Å²) >= 11 is 0. The Morgan fingerprint density at radius 1 is 1.09 bits per heavy atom. The summed E-state index contributed by atoms with van der Waals surface area (Å²) in [5.41, 5.74) is 1.67. The van der Waals surface area contributed by atoms with Crippen LogP contribution in [-0.4, -0.2) is 26.6 Å². The molecule has 0 unspecified atom stereocenters. The molecule has 1 aliphatic heterocycles. The molecule has 7 heteroatoms. The lowest BCUT2D eigenvalue weighted by atomic mass is 10.2. The van der Waals surface area contributed by atoms with Crippen molar-refractivity contribution in [2.45, 2.75) is 11.3 Å². The first kappa shape index (κ1) is 15.6. The number of benzene rings is 2. The van der Waals surface area contributed by atoms with Gasteiger partial charge in [-0.25, -0.2) is 17.2 Å². The molecule has 0 aliphatic carbocycles. The molecule has 120 valence electrons. The zero-order valence-corrected chi connectivity index (χ0v) is 12.8. The molecule has 3 rings (SSSR count). The van der Waals surface area contributed by atoms with Crippen molar-refractivity contribution in [1.29, 1.82) is 0 Å². The van der Waals surface area contributed by atoms with Gasteiger partial charge >= 0.3 is 0 Å². The second-order valence-electron chi connectivity index (χ2n) is 5.26. The summed E-state index contributed by atoms with van der Waals surface area (Å²) in [6.45, 7) is 0.408.